The number of ether oxygens (including phenoxy) is 1. The number of benzene rings is 2. The highest BCUT2D eigenvalue weighted by Gasteiger charge is 2.13. The van der Waals surface area contributed by atoms with E-state index in [1.54, 1.807) is 24.3 Å². The normalized spacial score (nSPS) is 10.2. The van der Waals surface area contributed by atoms with Crippen LogP contribution in [0.1, 0.15) is 29.3 Å². The van der Waals surface area contributed by atoms with Gasteiger partial charge in [-0.1, -0.05) is 24.3 Å². The van der Waals surface area contributed by atoms with Crippen molar-refractivity contribution in [3.8, 4) is 0 Å². The maximum absolute atomic E-state index is 12.5. The molecule has 2 aromatic carbocycles. The molecule has 0 saturated carbocycles. The van der Waals surface area contributed by atoms with E-state index in [9.17, 15) is 9.59 Å². The predicted molar refractivity (Wildman–Crippen MR) is 95.3 cm³/mol. The van der Waals surface area contributed by atoms with E-state index >= 15 is 0 Å². The lowest BCUT2D eigenvalue weighted by atomic mass is 10.1. The number of rotatable bonds is 7. The molecule has 2 rings (SSSR count). The van der Waals surface area contributed by atoms with E-state index < -0.39 is 0 Å². The number of hydrogen-bond donors (Lipinski definition) is 2. The standard InChI is InChI=1S/C19H22N2O3/c1-3-24-12-11-18(22)21-17-10-5-4-9-16(17)19(23)20-15-8-6-7-14(2)13-15/h4-10,13H,3,11-12H2,1-2H3,(H,20,23)(H,21,22). The van der Waals surface area contributed by atoms with Crippen LogP contribution >= 0.6 is 0 Å². The zero-order valence-corrected chi connectivity index (χ0v) is 14.0. The lowest BCUT2D eigenvalue weighted by molar-refractivity contribution is -0.117. The van der Waals surface area contributed by atoms with Crippen LogP contribution in [0.15, 0.2) is 48.5 Å². The van der Waals surface area contributed by atoms with Crippen molar-refractivity contribution >= 4 is 23.2 Å². The smallest absolute Gasteiger partial charge is 0.257 e. The molecular weight excluding hydrogens is 304 g/mol. The third-order valence-electron chi connectivity index (χ3n) is 3.40. The Morgan fingerprint density at radius 3 is 2.58 bits per heavy atom. The van der Waals surface area contributed by atoms with Crippen molar-refractivity contribution in [3.05, 3.63) is 59.7 Å². The Bertz CT molecular complexity index is 713. The van der Waals surface area contributed by atoms with Crippen molar-refractivity contribution in [1.82, 2.24) is 0 Å². The van der Waals surface area contributed by atoms with Gasteiger partial charge in [-0.2, -0.15) is 0 Å². The largest absolute Gasteiger partial charge is 0.381 e. The summed E-state index contributed by atoms with van der Waals surface area (Å²) in [7, 11) is 0. The first-order valence-electron chi connectivity index (χ1n) is 7.94. The Morgan fingerprint density at radius 2 is 1.83 bits per heavy atom. The quantitative estimate of drug-likeness (QED) is 0.764. The van der Waals surface area contributed by atoms with E-state index in [1.165, 1.54) is 0 Å². The van der Waals surface area contributed by atoms with Gasteiger partial charge in [-0.05, 0) is 43.7 Å². The highest BCUT2D eigenvalue weighted by Crippen LogP contribution is 2.18. The molecule has 2 N–H and O–H groups in total. The summed E-state index contributed by atoms with van der Waals surface area (Å²) in [6.45, 7) is 4.77. The molecule has 0 aliphatic rings. The fourth-order valence-corrected chi connectivity index (χ4v) is 2.23. The molecule has 0 aromatic heterocycles. The predicted octanol–water partition coefficient (Wildman–Crippen LogP) is 3.61. The Labute approximate surface area is 142 Å². The summed E-state index contributed by atoms with van der Waals surface area (Å²) in [5.41, 5.74) is 2.69. The number of carbonyl (C=O) groups excluding carboxylic acids is 2. The van der Waals surface area contributed by atoms with Gasteiger partial charge in [0.05, 0.1) is 24.3 Å². The third-order valence-corrected chi connectivity index (χ3v) is 3.40. The summed E-state index contributed by atoms with van der Waals surface area (Å²) >= 11 is 0. The van der Waals surface area contributed by atoms with Gasteiger partial charge in [0.25, 0.3) is 5.91 Å². The maximum atomic E-state index is 12.5. The van der Waals surface area contributed by atoms with Crippen molar-refractivity contribution in [2.75, 3.05) is 23.8 Å². The molecule has 24 heavy (non-hydrogen) atoms. The molecule has 126 valence electrons. The number of hydrogen-bond acceptors (Lipinski definition) is 3. The molecule has 0 saturated heterocycles. The molecule has 2 aromatic rings. The minimum Gasteiger partial charge on any atom is -0.381 e. The van der Waals surface area contributed by atoms with Gasteiger partial charge in [-0.25, -0.2) is 0 Å². The molecular formula is C19H22N2O3. The fourth-order valence-electron chi connectivity index (χ4n) is 2.23. The zero-order chi connectivity index (χ0) is 17.4. The molecule has 2 amide bonds. The van der Waals surface area contributed by atoms with Crippen molar-refractivity contribution in [3.63, 3.8) is 0 Å². The summed E-state index contributed by atoms with van der Waals surface area (Å²) in [6, 6.07) is 14.5. The van der Waals surface area contributed by atoms with Crippen molar-refractivity contribution in [1.29, 1.82) is 0 Å². The fraction of sp³-hybridized carbons (Fsp3) is 0.263. The summed E-state index contributed by atoms with van der Waals surface area (Å²) in [5.74, 6) is -0.444. The SMILES string of the molecule is CCOCCC(=O)Nc1ccccc1C(=O)Nc1cccc(C)c1. The van der Waals surface area contributed by atoms with Gasteiger partial charge < -0.3 is 15.4 Å². The summed E-state index contributed by atoms with van der Waals surface area (Å²) < 4.78 is 5.17. The third kappa shape index (κ3) is 5.21. The first kappa shape index (κ1) is 17.7. The van der Waals surface area contributed by atoms with Crippen LogP contribution in [0.25, 0.3) is 0 Å². The van der Waals surface area contributed by atoms with Gasteiger partial charge in [-0.3, -0.25) is 9.59 Å². The molecule has 0 fully saturated rings. The van der Waals surface area contributed by atoms with Crippen LogP contribution in [0.5, 0.6) is 0 Å². The lowest BCUT2D eigenvalue weighted by Gasteiger charge is -2.12. The minimum absolute atomic E-state index is 0.181. The van der Waals surface area contributed by atoms with Crippen LogP contribution in [0.2, 0.25) is 0 Å². The molecule has 5 nitrogen and oxygen atoms in total. The van der Waals surface area contributed by atoms with Crippen LogP contribution in [-0.4, -0.2) is 25.0 Å². The van der Waals surface area contributed by atoms with E-state index in [0.717, 1.165) is 11.3 Å². The van der Waals surface area contributed by atoms with E-state index in [0.29, 0.717) is 24.5 Å². The van der Waals surface area contributed by atoms with Crippen molar-refractivity contribution < 1.29 is 14.3 Å². The summed E-state index contributed by atoms with van der Waals surface area (Å²) in [6.07, 6.45) is 0.252. The second-order valence-corrected chi connectivity index (χ2v) is 5.36. The first-order chi connectivity index (χ1) is 11.6. The monoisotopic (exact) mass is 326 g/mol. The van der Waals surface area contributed by atoms with Gasteiger partial charge in [0.2, 0.25) is 5.91 Å². The average molecular weight is 326 g/mol. The van der Waals surface area contributed by atoms with Gasteiger partial charge in [0, 0.05) is 12.3 Å². The van der Waals surface area contributed by atoms with Crippen LogP contribution in [0.3, 0.4) is 0 Å². The van der Waals surface area contributed by atoms with Gasteiger partial charge >= 0.3 is 0 Å². The molecule has 0 aliphatic carbocycles. The molecule has 0 spiro atoms. The van der Waals surface area contributed by atoms with Crippen LogP contribution in [-0.2, 0) is 9.53 Å². The van der Waals surface area contributed by atoms with Crippen LogP contribution in [0.4, 0.5) is 11.4 Å². The number of aryl methyl sites for hydroxylation is 1. The second kappa shape index (κ2) is 8.84. The Balaban J connectivity index is 2.07. The number of amides is 2. The number of anilines is 2. The molecule has 0 heterocycles. The van der Waals surface area contributed by atoms with E-state index in [-0.39, 0.29) is 18.2 Å². The van der Waals surface area contributed by atoms with Gasteiger partial charge in [0.15, 0.2) is 0 Å². The average Bonchev–Trinajstić information content (AvgIpc) is 2.55. The van der Waals surface area contributed by atoms with Gasteiger partial charge in [-0.15, -0.1) is 0 Å². The number of nitrogens with one attached hydrogen (secondary N) is 2. The summed E-state index contributed by atoms with van der Waals surface area (Å²) in [4.78, 5) is 24.4. The highest BCUT2D eigenvalue weighted by molar-refractivity contribution is 6.10. The molecule has 0 bridgehead atoms. The number of para-hydroxylation sites is 1. The van der Waals surface area contributed by atoms with E-state index in [2.05, 4.69) is 10.6 Å². The van der Waals surface area contributed by atoms with Crippen LogP contribution < -0.4 is 10.6 Å². The molecule has 0 atom stereocenters. The van der Waals surface area contributed by atoms with E-state index in [1.807, 2.05) is 38.1 Å². The van der Waals surface area contributed by atoms with Crippen molar-refractivity contribution in [2.45, 2.75) is 20.3 Å². The van der Waals surface area contributed by atoms with Crippen LogP contribution in [0, 0.1) is 6.92 Å². The maximum Gasteiger partial charge on any atom is 0.257 e. The van der Waals surface area contributed by atoms with Gasteiger partial charge in [0.1, 0.15) is 0 Å². The molecule has 0 radical (unpaired) electrons. The van der Waals surface area contributed by atoms with Crippen molar-refractivity contribution in [2.24, 2.45) is 0 Å². The Kier molecular flexibility index (Phi) is 6.51. The molecule has 5 heteroatoms. The van der Waals surface area contributed by atoms with E-state index in [4.69, 9.17) is 4.74 Å². The minimum atomic E-state index is -0.263. The number of carbonyl (C=O) groups is 2. The lowest BCUT2D eigenvalue weighted by Crippen LogP contribution is -2.19. The first-order valence-corrected chi connectivity index (χ1v) is 7.94. The molecule has 0 unspecified atom stereocenters. The summed E-state index contributed by atoms with van der Waals surface area (Å²) in [5, 5.41) is 5.62. The Hall–Kier alpha value is -2.66. The second-order valence-electron chi connectivity index (χ2n) is 5.36. The molecule has 0 aliphatic heterocycles. The topological polar surface area (TPSA) is 67.4 Å². The Morgan fingerprint density at radius 1 is 1.04 bits per heavy atom. The zero-order valence-electron chi connectivity index (χ0n) is 14.0. The highest BCUT2D eigenvalue weighted by atomic mass is 16.5.